The van der Waals surface area contributed by atoms with Gasteiger partial charge in [-0.3, -0.25) is 0 Å². The van der Waals surface area contributed by atoms with Crippen LogP contribution in [-0.2, 0) is 0 Å². The van der Waals surface area contributed by atoms with Crippen molar-refractivity contribution in [3.63, 3.8) is 0 Å². The zero-order valence-electron chi connectivity index (χ0n) is 19.4. The van der Waals surface area contributed by atoms with Crippen LogP contribution in [0.5, 0.6) is 0 Å². The fourth-order valence-electron chi connectivity index (χ4n) is 4.77. The number of rotatable bonds is 5. The summed E-state index contributed by atoms with van der Waals surface area (Å²) in [6.07, 6.45) is 1.88. The van der Waals surface area contributed by atoms with E-state index in [0.29, 0.717) is 0 Å². The first-order valence-corrected chi connectivity index (χ1v) is 11.9. The Balaban J connectivity index is 1.52. The molecule has 0 bridgehead atoms. The Morgan fingerprint density at radius 3 is 2.00 bits per heavy atom. The van der Waals surface area contributed by atoms with Gasteiger partial charge in [0.25, 0.3) is 0 Å². The monoisotopic (exact) mass is 447 g/mol. The number of nitrogens with zero attached hydrogens (tertiary/aromatic N) is 1. The summed E-state index contributed by atoms with van der Waals surface area (Å²) >= 11 is 0. The molecular formula is C34H25N. The van der Waals surface area contributed by atoms with Crippen LogP contribution in [0.2, 0.25) is 0 Å². The second kappa shape index (κ2) is 8.96. The summed E-state index contributed by atoms with van der Waals surface area (Å²) in [6.45, 7) is 3.91. The minimum absolute atomic E-state index is 1.11. The molecule has 0 saturated heterocycles. The van der Waals surface area contributed by atoms with E-state index in [1.54, 1.807) is 0 Å². The van der Waals surface area contributed by atoms with Crippen LogP contribution in [0.3, 0.4) is 0 Å². The number of hydrogen-bond acceptors (Lipinski definition) is 1. The molecule has 6 aromatic rings. The van der Waals surface area contributed by atoms with Gasteiger partial charge in [0.2, 0.25) is 0 Å². The van der Waals surface area contributed by atoms with Crippen LogP contribution in [0, 0.1) is 0 Å². The zero-order valence-corrected chi connectivity index (χ0v) is 19.4. The summed E-state index contributed by atoms with van der Waals surface area (Å²) in [5.74, 6) is 0. The SMILES string of the molecule is C=Cc1ccc(N(c2ccc3cc(-c4ccccc4)ccc3c2)c2cccc3ccccc23)cc1. The Morgan fingerprint density at radius 2 is 1.17 bits per heavy atom. The van der Waals surface area contributed by atoms with E-state index in [4.69, 9.17) is 0 Å². The zero-order chi connectivity index (χ0) is 23.6. The molecular weight excluding hydrogens is 422 g/mol. The van der Waals surface area contributed by atoms with Crippen molar-refractivity contribution in [2.45, 2.75) is 0 Å². The lowest BCUT2D eigenvalue weighted by molar-refractivity contribution is 1.30. The molecule has 35 heavy (non-hydrogen) atoms. The van der Waals surface area contributed by atoms with Gasteiger partial charge in [0.15, 0.2) is 0 Å². The number of fused-ring (bicyclic) bond motifs is 2. The second-order valence-corrected chi connectivity index (χ2v) is 8.74. The molecule has 0 atom stereocenters. The summed E-state index contributed by atoms with van der Waals surface area (Å²) in [7, 11) is 0. The van der Waals surface area contributed by atoms with E-state index >= 15 is 0 Å². The van der Waals surface area contributed by atoms with Gasteiger partial charge in [-0.1, -0.05) is 110 Å². The molecule has 0 spiro atoms. The van der Waals surface area contributed by atoms with Crippen LogP contribution in [0.4, 0.5) is 17.1 Å². The molecule has 166 valence electrons. The Labute approximate surface area is 206 Å². The van der Waals surface area contributed by atoms with Gasteiger partial charge < -0.3 is 4.90 Å². The summed E-state index contributed by atoms with van der Waals surface area (Å²) < 4.78 is 0. The molecule has 0 N–H and O–H groups in total. The highest BCUT2D eigenvalue weighted by atomic mass is 15.1. The Kier molecular flexibility index (Phi) is 5.37. The van der Waals surface area contributed by atoms with Gasteiger partial charge in [-0.2, -0.15) is 0 Å². The number of anilines is 3. The summed E-state index contributed by atoms with van der Waals surface area (Å²) in [5.41, 5.74) is 6.99. The molecule has 0 unspecified atom stereocenters. The minimum Gasteiger partial charge on any atom is -0.310 e. The van der Waals surface area contributed by atoms with Crippen molar-refractivity contribution in [1.29, 1.82) is 0 Å². The average molecular weight is 448 g/mol. The van der Waals surface area contributed by atoms with E-state index in [0.717, 1.165) is 22.6 Å². The largest absolute Gasteiger partial charge is 0.310 e. The van der Waals surface area contributed by atoms with E-state index in [2.05, 4.69) is 145 Å². The van der Waals surface area contributed by atoms with Gasteiger partial charge in [-0.25, -0.2) is 0 Å². The molecule has 0 fully saturated rings. The van der Waals surface area contributed by atoms with Gasteiger partial charge in [0.1, 0.15) is 0 Å². The van der Waals surface area contributed by atoms with Crippen LogP contribution in [0.15, 0.2) is 140 Å². The van der Waals surface area contributed by atoms with Crippen molar-refractivity contribution in [1.82, 2.24) is 0 Å². The standard InChI is InChI=1S/C34H25N/c1-2-25-15-20-31(21-16-25)35(34-14-8-12-27-11-6-7-13-33(27)34)32-22-19-29-23-28(17-18-30(29)24-32)26-9-4-3-5-10-26/h2-24H,1H2. The molecule has 6 rings (SSSR count). The van der Waals surface area contributed by atoms with Crippen molar-refractivity contribution >= 4 is 44.7 Å². The fraction of sp³-hybridized carbons (Fsp3) is 0. The molecule has 0 aliphatic carbocycles. The predicted molar refractivity (Wildman–Crippen MR) is 152 cm³/mol. The highest BCUT2D eigenvalue weighted by Gasteiger charge is 2.15. The Morgan fingerprint density at radius 1 is 0.486 bits per heavy atom. The van der Waals surface area contributed by atoms with Crippen molar-refractivity contribution in [3.8, 4) is 11.1 Å². The maximum Gasteiger partial charge on any atom is 0.0540 e. The van der Waals surface area contributed by atoms with Crippen molar-refractivity contribution in [2.75, 3.05) is 4.90 Å². The molecule has 0 aromatic heterocycles. The predicted octanol–water partition coefficient (Wildman–Crippen LogP) is 9.77. The average Bonchev–Trinajstić information content (AvgIpc) is 2.94. The third-order valence-corrected chi connectivity index (χ3v) is 6.58. The second-order valence-electron chi connectivity index (χ2n) is 8.74. The lowest BCUT2D eigenvalue weighted by Gasteiger charge is -2.27. The van der Waals surface area contributed by atoms with Gasteiger partial charge in [-0.05, 0) is 69.2 Å². The summed E-state index contributed by atoms with van der Waals surface area (Å²) in [6, 6.07) is 47.6. The first-order valence-electron chi connectivity index (χ1n) is 11.9. The lowest BCUT2D eigenvalue weighted by Crippen LogP contribution is -2.10. The molecule has 0 saturated carbocycles. The fourth-order valence-corrected chi connectivity index (χ4v) is 4.77. The molecule has 0 heterocycles. The molecule has 0 radical (unpaired) electrons. The first-order chi connectivity index (χ1) is 17.3. The smallest absolute Gasteiger partial charge is 0.0540 e. The molecule has 1 heteroatoms. The van der Waals surface area contributed by atoms with E-state index in [-0.39, 0.29) is 0 Å². The lowest BCUT2D eigenvalue weighted by atomic mass is 10.0. The number of benzene rings is 6. The van der Waals surface area contributed by atoms with Crippen LogP contribution in [0.25, 0.3) is 38.7 Å². The summed E-state index contributed by atoms with van der Waals surface area (Å²) in [5, 5.41) is 4.90. The Bertz CT molecular complexity index is 1640. The molecule has 0 aliphatic rings. The molecule has 0 aliphatic heterocycles. The van der Waals surface area contributed by atoms with Crippen LogP contribution in [-0.4, -0.2) is 0 Å². The van der Waals surface area contributed by atoms with Crippen molar-refractivity contribution in [3.05, 3.63) is 146 Å². The summed E-state index contributed by atoms with van der Waals surface area (Å²) in [4.78, 5) is 2.35. The third kappa shape index (κ3) is 3.98. The first kappa shape index (κ1) is 20.9. The highest BCUT2D eigenvalue weighted by molar-refractivity contribution is 6.00. The maximum atomic E-state index is 3.91. The van der Waals surface area contributed by atoms with E-state index in [1.165, 1.54) is 32.7 Å². The Hall–Kier alpha value is -4.62. The van der Waals surface area contributed by atoms with Gasteiger partial charge >= 0.3 is 0 Å². The highest BCUT2D eigenvalue weighted by Crippen LogP contribution is 2.40. The minimum atomic E-state index is 1.11. The van der Waals surface area contributed by atoms with E-state index < -0.39 is 0 Å². The normalized spacial score (nSPS) is 11.0. The quantitative estimate of drug-likeness (QED) is 0.254. The van der Waals surface area contributed by atoms with Gasteiger partial charge in [0, 0.05) is 16.8 Å². The van der Waals surface area contributed by atoms with Crippen LogP contribution < -0.4 is 4.90 Å². The van der Waals surface area contributed by atoms with E-state index in [9.17, 15) is 0 Å². The van der Waals surface area contributed by atoms with Gasteiger partial charge in [-0.15, -0.1) is 0 Å². The van der Waals surface area contributed by atoms with E-state index in [1.807, 2.05) is 6.08 Å². The topological polar surface area (TPSA) is 3.24 Å². The molecule has 1 nitrogen and oxygen atoms in total. The van der Waals surface area contributed by atoms with Crippen molar-refractivity contribution in [2.24, 2.45) is 0 Å². The third-order valence-electron chi connectivity index (χ3n) is 6.58. The molecule has 0 amide bonds. The van der Waals surface area contributed by atoms with Crippen LogP contribution in [0.1, 0.15) is 5.56 Å². The molecule has 6 aromatic carbocycles. The van der Waals surface area contributed by atoms with Crippen molar-refractivity contribution < 1.29 is 0 Å². The maximum absolute atomic E-state index is 3.91. The number of hydrogen-bond donors (Lipinski definition) is 0. The van der Waals surface area contributed by atoms with Crippen LogP contribution >= 0.6 is 0 Å². The van der Waals surface area contributed by atoms with Gasteiger partial charge in [0.05, 0.1) is 5.69 Å².